The molecule has 0 spiro atoms. The number of hydrazine groups is 1. The van der Waals surface area contributed by atoms with Gasteiger partial charge in [-0.2, -0.15) is 4.41 Å². The summed E-state index contributed by atoms with van der Waals surface area (Å²) in [5, 5.41) is 0. The predicted molar refractivity (Wildman–Crippen MR) is 126 cm³/mol. The highest BCUT2D eigenvalue weighted by atomic mass is 32.2. The van der Waals surface area contributed by atoms with Gasteiger partial charge in [-0.15, -0.1) is 6.58 Å². The third kappa shape index (κ3) is 8.45. The third-order valence-electron chi connectivity index (χ3n) is 5.27. The van der Waals surface area contributed by atoms with Crippen LogP contribution in [-0.4, -0.2) is 39.4 Å². The number of hydrogen-bond donors (Lipinski definition) is 2. The molecule has 2 rings (SSSR count). The van der Waals surface area contributed by atoms with Crippen molar-refractivity contribution in [2.45, 2.75) is 52.2 Å². The molecule has 1 fully saturated rings. The van der Waals surface area contributed by atoms with E-state index in [1.54, 1.807) is 36.4 Å². The Hall–Kier alpha value is -2.43. The smallest absolute Gasteiger partial charge is 0.249 e. The van der Waals surface area contributed by atoms with Crippen LogP contribution < -0.4 is 15.3 Å². The van der Waals surface area contributed by atoms with Gasteiger partial charge in [-0.25, -0.2) is 18.7 Å². The first-order valence-electron chi connectivity index (χ1n) is 11.2. The second-order valence-electron chi connectivity index (χ2n) is 8.59. The zero-order chi connectivity index (χ0) is 24.4. The van der Waals surface area contributed by atoms with E-state index in [2.05, 4.69) is 17.5 Å². The summed E-state index contributed by atoms with van der Waals surface area (Å²) in [4.78, 5) is 31.8. The molecule has 10 heteroatoms. The summed E-state index contributed by atoms with van der Waals surface area (Å²) in [5.74, 6) is -2.59. The number of sulfonamides is 1. The maximum absolute atomic E-state index is 13.3. The van der Waals surface area contributed by atoms with Crippen LogP contribution in [0.1, 0.15) is 46.0 Å². The van der Waals surface area contributed by atoms with Gasteiger partial charge in [0, 0.05) is 13.0 Å². The van der Waals surface area contributed by atoms with Crippen molar-refractivity contribution in [2.75, 3.05) is 17.3 Å². The Bertz CT molecular complexity index is 885. The lowest BCUT2D eigenvalue weighted by molar-refractivity contribution is -0.203. The SMILES string of the molecule is C=CC[C@H](C(=O)NOC1CCCCO1)[C@@H](CC(C)C)C(=O)NN(c1ccccc1)S(C)(=O)=O. The van der Waals surface area contributed by atoms with Crippen LogP contribution in [0.5, 0.6) is 0 Å². The number of anilines is 1. The zero-order valence-electron chi connectivity index (χ0n) is 19.5. The van der Waals surface area contributed by atoms with E-state index in [4.69, 9.17) is 9.57 Å². The second kappa shape index (κ2) is 12.7. The molecule has 1 heterocycles. The molecule has 0 aromatic heterocycles. The molecule has 1 unspecified atom stereocenters. The number of carbonyl (C=O) groups excluding carboxylic acids is 2. The van der Waals surface area contributed by atoms with E-state index in [1.165, 1.54) is 0 Å². The molecule has 1 aromatic carbocycles. The van der Waals surface area contributed by atoms with Crippen molar-refractivity contribution in [3.8, 4) is 0 Å². The van der Waals surface area contributed by atoms with Crippen molar-refractivity contribution in [1.82, 2.24) is 10.9 Å². The summed E-state index contributed by atoms with van der Waals surface area (Å²) < 4.78 is 31.1. The molecule has 0 radical (unpaired) electrons. The molecule has 2 N–H and O–H groups in total. The maximum atomic E-state index is 13.3. The number of ether oxygens (including phenoxy) is 1. The van der Waals surface area contributed by atoms with Gasteiger partial charge >= 0.3 is 0 Å². The van der Waals surface area contributed by atoms with Gasteiger partial charge in [0.05, 0.1) is 23.8 Å². The Morgan fingerprint density at radius 1 is 1.21 bits per heavy atom. The number of benzene rings is 1. The van der Waals surface area contributed by atoms with E-state index in [9.17, 15) is 18.0 Å². The van der Waals surface area contributed by atoms with Gasteiger partial charge < -0.3 is 4.74 Å². The van der Waals surface area contributed by atoms with E-state index in [0.29, 0.717) is 25.1 Å². The number of allylic oxidation sites excluding steroid dienone is 1. The average Bonchev–Trinajstić information content (AvgIpc) is 2.78. The van der Waals surface area contributed by atoms with Crippen LogP contribution in [0.25, 0.3) is 0 Å². The first-order chi connectivity index (χ1) is 15.6. The lowest BCUT2D eigenvalue weighted by atomic mass is 9.82. The Balaban J connectivity index is 2.22. The van der Waals surface area contributed by atoms with Crippen LogP contribution in [0.3, 0.4) is 0 Å². The normalized spacial score (nSPS) is 18.2. The van der Waals surface area contributed by atoms with E-state index >= 15 is 0 Å². The van der Waals surface area contributed by atoms with Crippen molar-refractivity contribution in [3.05, 3.63) is 43.0 Å². The van der Waals surface area contributed by atoms with Crippen LogP contribution in [0.2, 0.25) is 0 Å². The van der Waals surface area contributed by atoms with Crippen LogP contribution in [0.15, 0.2) is 43.0 Å². The highest BCUT2D eigenvalue weighted by Gasteiger charge is 2.36. The minimum Gasteiger partial charge on any atom is -0.350 e. The molecule has 1 aliphatic rings. The van der Waals surface area contributed by atoms with Gasteiger partial charge in [-0.05, 0) is 43.7 Å². The summed E-state index contributed by atoms with van der Waals surface area (Å²) in [6.45, 7) is 8.15. The topological polar surface area (TPSA) is 114 Å². The predicted octanol–water partition coefficient (Wildman–Crippen LogP) is 2.91. The second-order valence-corrected chi connectivity index (χ2v) is 10.4. The van der Waals surface area contributed by atoms with Crippen molar-refractivity contribution in [1.29, 1.82) is 0 Å². The molecule has 0 aliphatic carbocycles. The molecule has 1 saturated heterocycles. The first-order valence-corrected chi connectivity index (χ1v) is 13.0. The lowest BCUT2D eigenvalue weighted by Gasteiger charge is -2.30. The number of hydroxylamine groups is 1. The molecule has 1 aliphatic heterocycles. The van der Waals surface area contributed by atoms with Gasteiger partial charge in [0.25, 0.3) is 0 Å². The number of rotatable bonds is 12. The molecule has 1 aromatic rings. The molecule has 9 nitrogen and oxygen atoms in total. The number of carbonyl (C=O) groups is 2. The Labute approximate surface area is 196 Å². The fourth-order valence-electron chi connectivity index (χ4n) is 3.68. The van der Waals surface area contributed by atoms with E-state index in [1.807, 2.05) is 13.8 Å². The fraction of sp³-hybridized carbons (Fsp3) is 0.565. The van der Waals surface area contributed by atoms with Gasteiger partial charge in [-0.1, -0.05) is 38.1 Å². The van der Waals surface area contributed by atoms with E-state index in [-0.39, 0.29) is 12.3 Å². The molecule has 33 heavy (non-hydrogen) atoms. The fourth-order valence-corrected chi connectivity index (χ4v) is 4.44. The lowest BCUT2D eigenvalue weighted by Crippen LogP contribution is -2.51. The van der Waals surface area contributed by atoms with Crippen molar-refractivity contribution >= 4 is 27.5 Å². The van der Waals surface area contributed by atoms with Crippen LogP contribution in [-0.2, 0) is 29.2 Å². The van der Waals surface area contributed by atoms with Crippen LogP contribution in [0.4, 0.5) is 5.69 Å². The molecule has 0 saturated carbocycles. The number of amides is 2. The molecular weight excluding hydrogens is 446 g/mol. The Morgan fingerprint density at radius 2 is 1.91 bits per heavy atom. The largest absolute Gasteiger partial charge is 0.350 e. The van der Waals surface area contributed by atoms with Crippen molar-refractivity contribution in [3.63, 3.8) is 0 Å². The van der Waals surface area contributed by atoms with Crippen molar-refractivity contribution < 1.29 is 27.6 Å². The zero-order valence-corrected chi connectivity index (χ0v) is 20.3. The van der Waals surface area contributed by atoms with Gasteiger partial charge in [0.15, 0.2) is 6.29 Å². The quantitative estimate of drug-likeness (QED) is 0.351. The number of nitrogens with zero attached hydrogens (tertiary/aromatic N) is 1. The third-order valence-corrected chi connectivity index (χ3v) is 6.23. The summed E-state index contributed by atoms with van der Waals surface area (Å²) in [7, 11) is -3.82. The first kappa shape index (κ1) is 26.8. The van der Waals surface area contributed by atoms with Gasteiger partial charge in [0.1, 0.15) is 0 Å². The molecule has 0 bridgehead atoms. The highest BCUT2D eigenvalue weighted by molar-refractivity contribution is 7.92. The van der Waals surface area contributed by atoms with Gasteiger partial charge in [-0.3, -0.25) is 15.0 Å². The molecular formula is C23H35N3O6S. The molecule has 184 valence electrons. The summed E-state index contributed by atoms with van der Waals surface area (Å²) in [6, 6.07) is 8.23. The molecule has 2 amide bonds. The number of nitrogens with one attached hydrogen (secondary N) is 2. The summed E-state index contributed by atoms with van der Waals surface area (Å²) in [6.07, 6.45) is 5.18. The van der Waals surface area contributed by atoms with Gasteiger partial charge in [0.2, 0.25) is 21.8 Å². The minimum absolute atomic E-state index is 0.0758. The Kier molecular flexibility index (Phi) is 10.3. The summed E-state index contributed by atoms with van der Waals surface area (Å²) >= 11 is 0. The average molecular weight is 482 g/mol. The number of para-hydroxylation sites is 1. The monoisotopic (exact) mass is 481 g/mol. The summed E-state index contributed by atoms with van der Waals surface area (Å²) in [5.41, 5.74) is 5.23. The van der Waals surface area contributed by atoms with Crippen LogP contribution >= 0.6 is 0 Å². The van der Waals surface area contributed by atoms with Crippen LogP contribution in [0, 0.1) is 17.8 Å². The van der Waals surface area contributed by atoms with E-state index in [0.717, 1.165) is 23.5 Å². The molecule has 3 atom stereocenters. The Morgan fingerprint density at radius 3 is 2.45 bits per heavy atom. The minimum atomic E-state index is -3.82. The maximum Gasteiger partial charge on any atom is 0.249 e. The standard InChI is InChI=1S/C23H35N3O6S/c1-5-11-19(23(28)25-32-21-14-9-10-15-31-21)20(16-17(2)3)22(27)24-26(33(4,29)30)18-12-7-6-8-13-18/h5-8,12-13,17,19-21H,1,9-11,14-16H2,2-4H3,(H,24,27)(H,25,28)/t19-,20+,21?/m0/s1. The highest BCUT2D eigenvalue weighted by Crippen LogP contribution is 2.26. The van der Waals surface area contributed by atoms with E-state index < -0.39 is 40.0 Å². The van der Waals surface area contributed by atoms with Crippen molar-refractivity contribution in [2.24, 2.45) is 17.8 Å². The number of hydrogen-bond acceptors (Lipinski definition) is 6.